The Kier molecular flexibility index (Phi) is 4.96. The number of benzene rings is 1. The third kappa shape index (κ3) is 3.29. The number of aliphatic hydroxyl groups is 1. The summed E-state index contributed by atoms with van der Waals surface area (Å²) < 4.78 is 2.90. The minimum atomic E-state index is -0.0212. The Morgan fingerprint density at radius 2 is 2.20 bits per heavy atom. The number of nitrogens with zero attached hydrogens (tertiary/aromatic N) is 3. The molecule has 1 aromatic carbocycles. The predicted octanol–water partition coefficient (Wildman–Crippen LogP) is 2.66. The normalized spacial score (nSPS) is 12.9. The van der Waals surface area contributed by atoms with Gasteiger partial charge in [-0.1, -0.05) is 28.1 Å². The highest BCUT2D eigenvalue weighted by Gasteiger charge is 2.18. The van der Waals surface area contributed by atoms with Crippen molar-refractivity contribution >= 4 is 15.9 Å². The van der Waals surface area contributed by atoms with Crippen LogP contribution in [0.4, 0.5) is 0 Å². The fourth-order valence-corrected chi connectivity index (χ4v) is 2.71. The van der Waals surface area contributed by atoms with Gasteiger partial charge < -0.3 is 5.11 Å². The summed E-state index contributed by atoms with van der Waals surface area (Å²) in [4.78, 5) is 2.14. The van der Waals surface area contributed by atoms with E-state index in [1.165, 1.54) is 5.56 Å². The summed E-state index contributed by atoms with van der Waals surface area (Å²) in [5, 5.41) is 14.0. The minimum Gasteiger partial charge on any atom is -0.394 e. The lowest BCUT2D eigenvalue weighted by molar-refractivity contribution is 0.142. The highest BCUT2D eigenvalue weighted by atomic mass is 79.9. The second-order valence-corrected chi connectivity index (χ2v) is 5.96. The van der Waals surface area contributed by atoms with Crippen LogP contribution in [0.25, 0.3) is 0 Å². The Morgan fingerprint density at radius 1 is 1.45 bits per heavy atom. The average Bonchev–Trinajstić information content (AvgIpc) is 2.72. The van der Waals surface area contributed by atoms with E-state index in [4.69, 9.17) is 0 Å². The van der Waals surface area contributed by atoms with Crippen molar-refractivity contribution in [2.45, 2.75) is 19.5 Å². The van der Waals surface area contributed by atoms with Crippen molar-refractivity contribution in [2.75, 3.05) is 13.7 Å². The van der Waals surface area contributed by atoms with Crippen molar-refractivity contribution in [3.05, 3.63) is 51.8 Å². The van der Waals surface area contributed by atoms with Crippen molar-refractivity contribution in [3.63, 3.8) is 0 Å². The van der Waals surface area contributed by atoms with Crippen LogP contribution in [-0.2, 0) is 13.6 Å². The Labute approximate surface area is 128 Å². The summed E-state index contributed by atoms with van der Waals surface area (Å²) in [5.41, 5.74) is 3.44. The Morgan fingerprint density at radius 3 is 2.75 bits per heavy atom. The smallest absolute Gasteiger partial charge is 0.0628 e. The zero-order valence-corrected chi connectivity index (χ0v) is 13.6. The Balaban J connectivity index is 2.17. The molecule has 1 atom stereocenters. The van der Waals surface area contributed by atoms with Gasteiger partial charge >= 0.3 is 0 Å². The third-order valence-electron chi connectivity index (χ3n) is 3.70. The summed E-state index contributed by atoms with van der Waals surface area (Å²) in [5.74, 6) is 0. The number of hydrogen-bond donors (Lipinski definition) is 1. The van der Waals surface area contributed by atoms with E-state index in [1.54, 1.807) is 0 Å². The first kappa shape index (κ1) is 15.2. The molecule has 108 valence electrons. The van der Waals surface area contributed by atoms with Gasteiger partial charge in [0.25, 0.3) is 0 Å². The highest BCUT2D eigenvalue weighted by molar-refractivity contribution is 9.10. The van der Waals surface area contributed by atoms with Crippen molar-refractivity contribution in [3.8, 4) is 0 Å². The second kappa shape index (κ2) is 6.52. The van der Waals surface area contributed by atoms with Gasteiger partial charge in [-0.15, -0.1) is 0 Å². The minimum absolute atomic E-state index is 0.0212. The van der Waals surface area contributed by atoms with Crippen LogP contribution in [0.2, 0.25) is 0 Å². The van der Waals surface area contributed by atoms with E-state index in [1.807, 2.05) is 49.2 Å². The van der Waals surface area contributed by atoms with Crippen LogP contribution in [0, 0.1) is 6.92 Å². The van der Waals surface area contributed by atoms with Crippen LogP contribution in [0.5, 0.6) is 0 Å². The molecule has 0 aliphatic rings. The first-order valence-corrected chi connectivity index (χ1v) is 7.36. The Bertz CT molecular complexity index is 582. The molecule has 1 aromatic heterocycles. The van der Waals surface area contributed by atoms with E-state index in [-0.39, 0.29) is 12.6 Å². The molecule has 0 bridgehead atoms. The molecule has 0 saturated carbocycles. The van der Waals surface area contributed by atoms with Crippen molar-refractivity contribution < 1.29 is 5.11 Å². The highest BCUT2D eigenvalue weighted by Crippen LogP contribution is 2.24. The van der Waals surface area contributed by atoms with Gasteiger partial charge in [0.2, 0.25) is 0 Å². The van der Waals surface area contributed by atoms with Gasteiger partial charge in [0.05, 0.1) is 18.8 Å². The van der Waals surface area contributed by atoms with Gasteiger partial charge in [-0.2, -0.15) is 5.10 Å². The number of hydrogen-bond acceptors (Lipinski definition) is 3. The molecule has 2 rings (SSSR count). The molecule has 0 amide bonds. The lowest BCUT2D eigenvalue weighted by Crippen LogP contribution is -2.27. The molecule has 0 fully saturated rings. The zero-order valence-electron chi connectivity index (χ0n) is 12.0. The maximum Gasteiger partial charge on any atom is 0.0628 e. The molecule has 0 aliphatic carbocycles. The number of aliphatic hydroxyl groups excluding tert-OH is 1. The molecule has 0 radical (unpaired) electrons. The maximum atomic E-state index is 9.72. The molecule has 1 heterocycles. The zero-order chi connectivity index (χ0) is 14.7. The monoisotopic (exact) mass is 337 g/mol. The molecule has 4 nitrogen and oxygen atoms in total. The van der Waals surface area contributed by atoms with E-state index in [0.29, 0.717) is 0 Å². The number of rotatable bonds is 5. The van der Waals surface area contributed by atoms with Crippen LogP contribution >= 0.6 is 15.9 Å². The van der Waals surface area contributed by atoms with E-state index < -0.39 is 0 Å². The summed E-state index contributed by atoms with van der Waals surface area (Å²) in [6, 6.07) is 8.05. The summed E-state index contributed by atoms with van der Waals surface area (Å²) >= 11 is 3.48. The van der Waals surface area contributed by atoms with E-state index in [0.717, 1.165) is 22.3 Å². The van der Waals surface area contributed by atoms with Crippen molar-refractivity contribution in [2.24, 2.45) is 7.05 Å². The first-order valence-electron chi connectivity index (χ1n) is 6.57. The molecular formula is C15H20BrN3O. The standard InChI is InChI=1S/C15H20BrN3O/c1-11-13(8-17-19(11)3)9-18(2)15(10-20)12-5-4-6-14(16)7-12/h4-8,15,20H,9-10H2,1-3H3. The van der Waals surface area contributed by atoms with Gasteiger partial charge in [-0.25, -0.2) is 0 Å². The largest absolute Gasteiger partial charge is 0.394 e. The molecule has 20 heavy (non-hydrogen) atoms. The first-order chi connectivity index (χ1) is 9.52. The second-order valence-electron chi connectivity index (χ2n) is 5.05. The number of aromatic nitrogens is 2. The van der Waals surface area contributed by atoms with Crippen LogP contribution in [0.15, 0.2) is 34.9 Å². The average molecular weight is 338 g/mol. The molecule has 0 spiro atoms. The van der Waals surface area contributed by atoms with Crippen molar-refractivity contribution in [1.82, 2.24) is 14.7 Å². The molecular weight excluding hydrogens is 318 g/mol. The van der Waals surface area contributed by atoms with Gasteiger partial charge in [-0.05, 0) is 31.7 Å². The molecule has 1 unspecified atom stereocenters. The molecule has 1 N–H and O–H groups in total. The molecule has 2 aromatic rings. The predicted molar refractivity (Wildman–Crippen MR) is 83.4 cm³/mol. The van der Waals surface area contributed by atoms with Gasteiger partial charge in [0.1, 0.15) is 0 Å². The SMILES string of the molecule is Cc1c(CN(C)C(CO)c2cccc(Br)c2)cnn1C. The van der Waals surface area contributed by atoms with E-state index >= 15 is 0 Å². The topological polar surface area (TPSA) is 41.3 Å². The van der Waals surface area contributed by atoms with Gasteiger partial charge in [0.15, 0.2) is 0 Å². The number of halogens is 1. The number of aryl methyl sites for hydroxylation is 1. The van der Waals surface area contributed by atoms with E-state index in [2.05, 4.69) is 32.9 Å². The summed E-state index contributed by atoms with van der Waals surface area (Å²) in [7, 11) is 3.96. The summed E-state index contributed by atoms with van der Waals surface area (Å²) in [6.07, 6.45) is 1.89. The van der Waals surface area contributed by atoms with Gasteiger partial charge in [-0.3, -0.25) is 9.58 Å². The quantitative estimate of drug-likeness (QED) is 0.911. The lowest BCUT2D eigenvalue weighted by Gasteiger charge is -2.27. The fraction of sp³-hybridized carbons (Fsp3) is 0.400. The van der Waals surface area contributed by atoms with Crippen molar-refractivity contribution in [1.29, 1.82) is 0 Å². The summed E-state index contributed by atoms with van der Waals surface area (Å²) in [6.45, 7) is 2.91. The van der Waals surface area contributed by atoms with Crippen LogP contribution in [0.1, 0.15) is 22.9 Å². The lowest BCUT2D eigenvalue weighted by atomic mass is 10.1. The van der Waals surface area contributed by atoms with E-state index in [9.17, 15) is 5.11 Å². The van der Waals surface area contributed by atoms with Gasteiger partial charge in [0, 0.05) is 29.3 Å². The molecule has 0 aliphatic heterocycles. The van der Waals surface area contributed by atoms with Crippen LogP contribution in [0.3, 0.4) is 0 Å². The van der Waals surface area contributed by atoms with Crippen LogP contribution < -0.4 is 0 Å². The fourth-order valence-electron chi connectivity index (χ4n) is 2.29. The maximum absolute atomic E-state index is 9.72. The number of likely N-dealkylation sites (N-methyl/N-ethyl adjacent to an activating group) is 1. The molecule has 0 saturated heterocycles. The third-order valence-corrected chi connectivity index (χ3v) is 4.19. The molecule has 5 heteroatoms. The van der Waals surface area contributed by atoms with Crippen LogP contribution in [-0.4, -0.2) is 33.4 Å². The Hall–Kier alpha value is -1.17.